The average molecular weight is 71.1 g/mol. The highest BCUT2D eigenvalue weighted by Crippen LogP contribution is 1.44. The molecule has 0 rings (SSSR count). The molecule has 0 aliphatic rings. The normalized spacial score (nSPS) is 4.20. The Bertz CT molecular complexity index is 59.0. The van der Waals surface area contributed by atoms with Crippen LogP contribution in [0.5, 0.6) is 0 Å². The zero-order valence-corrected chi connectivity index (χ0v) is 2.99. The molecule has 0 heterocycles. The summed E-state index contributed by atoms with van der Waals surface area (Å²) in [5.74, 6) is 0. The van der Waals surface area contributed by atoms with Gasteiger partial charge in [0.1, 0.15) is 6.11 Å². The summed E-state index contributed by atoms with van der Waals surface area (Å²) in [4.78, 5) is 0. The summed E-state index contributed by atoms with van der Waals surface area (Å²) in [6, 6.07) is 2.05. The third-order valence-electron chi connectivity index (χ3n) is 0.161. The van der Waals surface area contributed by atoms with Gasteiger partial charge in [0.15, 0.2) is 0 Å². The Balaban J connectivity index is 2.81. The van der Waals surface area contributed by atoms with E-state index in [9.17, 15) is 0 Å². The molecule has 0 atom stereocenters. The van der Waals surface area contributed by atoms with E-state index in [0.717, 1.165) is 0 Å². The van der Waals surface area contributed by atoms with E-state index in [-0.39, 0.29) is 0 Å². The summed E-state index contributed by atoms with van der Waals surface area (Å²) >= 11 is 0. The van der Waals surface area contributed by atoms with Crippen molar-refractivity contribution in [2.45, 2.75) is 0 Å². The second-order valence-electron chi connectivity index (χ2n) is 0.451. The summed E-state index contributed by atoms with van der Waals surface area (Å²) in [7, 11) is 1.46. The van der Waals surface area contributed by atoms with E-state index in [4.69, 9.17) is 0 Å². The van der Waals surface area contributed by atoms with E-state index in [1.807, 2.05) is 6.04 Å². The maximum Gasteiger partial charge on any atom is 0.133 e. The molecule has 0 aromatic heterocycles. The topological polar surface area (TPSA) is 35.2 Å². The second kappa shape index (κ2) is 3.16. The van der Waals surface area contributed by atoms with E-state index in [0.29, 0.717) is 0 Å². The van der Waals surface area contributed by atoms with Crippen molar-refractivity contribution >= 4 is 0 Å². The van der Waals surface area contributed by atoms with Crippen LogP contribution in [-0.4, -0.2) is 7.11 Å². The molecule has 2 N–H and O–H groups in total. The van der Waals surface area contributed by atoms with Gasteiger partial charge >= 0.3 is 0 Å². The fourth-order valence-corrected chi connectivity index (χ4v) is 0.0589. The van der Waals surface area contributed by atoms with Crippen LogP contribution in [0.3, 0.4) is 0 Å². The van der Waals surface area contributed by atoms with Crippen molar-refractivity contribution < 1.29 is 4.74 Å². The quantitative estimate of drug-likeness (QED) is 0.309. The number of rotatable bonds is 0. The molecule has 0 unspecified atom stereocenters. The standard InChI is InChI=1S/C3H5NO/c1-5-3-2-4/h4H2,1H3. The lowest BCUT2D eigenvalue weighted by Gasteiger charge is -1.69. The molecule has 0 amide bonds. The zero-order valence-electron chi connectivity index (χ0n) is 2.99. The summed E-state index contributed by atoms with van der Waals surface area (Å²) in [5.41, 5.74) is 4.65. The molecule has 0 saturated heterocycles. The highest BCUT2D eigenvalue weighted by atomic mass is 16.5. The van der Waals surface area contributed by atoms with Gasteiger partial charge in [-0.05, 0) is 0 Å². The molecule has 0 aliphatic carbocycles. The van der Waals surface area contributed by atoms with Crippen molar-refractivity contribution in [2.24, 2.45) is 5.73 Å². The molecule has 0 saturated carbocycles. The maximum absolute atomic E-state index is 4.65. The first-order chi connectivity index (χ1) is 2.41. The summed E-state index contributed by atoms with van der Waals surface area (Å²) < 4.78 is 4.20. The fraction of sp³-hybridized carbons (Fsp3) is 0.333. The minimum atomic E-state index is 1.46. The van der Waals surface area contributed by atoms with Gasteiger partial charge < -0.3 is 10.5 Å². The fourth-order valence-electron chi connectivity index (χ4n) is 0.0589. The van der Waals surface area contributed by atoms with Crippen molar-refractivity contribution in [1.82, 2.24) is 0 Å². The van der Waals surface area contributed by atoms with Crippen LogP contribution < -0.4 is 5.73 Å². The van der Waals surface area contributed by atoms with Crippen molar-refractivity contribution in [2.75, 3.05) is 7.11 Å². The van der Waals surface area contributed by atoms with Crippen molar-refractivity contribution in [3.63, 3.8) is 0 Å². The van der Waals surface area contributed by atoms with Crippen LogP contribution >= 0.6 is 0 Å². The van der Waals surface area contributed by atoms with Gasteiger partial charge in [0.25, 0.3) is 0 Å². The van der Waals surface area contributed by atoms with E-state index in [2.05, 4.69) is 16.6 Å². The van der Waals surface area contributed by atoms with Crippen molar-refractivity contribution in [3.05, 3.63) is 0 Å². The number of nitrogens with two attached hydrogens (primary N) is 1. The van der Waals surface area contributed by atoms with Gasteiger partial charge in [0.05, 0.1) is 7.11 Å². The lowest BCUT2D eigenvalue weighted by Crippen LogP contribution is -1.76. The van der Waals surface area contributed by atoms with Crippen LogP contribution in [0.1, 0.15) is 0 Å². The van der Waals surface area contributed by atoms with E-state index < -0.39 is 0 Å². The van der Waals surface area contributed by atoms with Crippen LogP contribution in [0.25, 0.3) is 0 Å². The summed E-state index contributed by atoms with van der Waals surface area (Å²) in [6.45, 7) is 0. The first-order valence-electron chi connectivity index (χ1n) is 1.15. The highest BCUT2D eigenvalue weighted by Gasteiger charge is 1.43. The minimum absolute atomic E-state index is 1.46. The molecule has 0 aromatic rings. The molecule has 0 bridgehead atoms. The predicted octanol–water partition coefficient (Wildman–Crippen LogP) is -0.490. The Hall–Kier alpha value is -0.840. The molecule has 2 nitrogen and oxygen atoms in total. The first kappa shape index (κ1) is 4.16. The van der Waals surface area contributed by atoms with Gasteiger partial charge in [-0.2, -0.15) is 0 Å². The van der Waals surface area contributed by atoms with Crippen molar-refractivity contribution in [3.8, 4) is 12.2 Å². The maximum atomic E-state index is 4.65. The smallest absolute Gasteiger partial charge is 0.133 e. The van der Waals surface area contributed by atoms with Crippen LogP contribution in [-0.2, 0) is 4.74 Å². The number of ether oxygens (including phenoxy) is 1. The molecule has 0 aromatic carbocycles. The Morgan fingerprint density at radius 3 is 2.40 bits per heavy atom. The van der Waals surface area contributed by atoms with Crippen LogP contribution in [0.4, 0.5) is 0 Å². The molecular weight excluding hydrogens is 66.0 g/mol. The van der Waals surface area contributed by atoms with Crippen LogP contribution in [0.15, 0.2) is 0 Å². The molecule has 0 radical (unpaired) electrons. The molecule has 28 valence electrons. The Morgan fingerprint density at radius 1 is 1.80 bits per heavy atom. The molecule has 0 spiro atoms. The monoisotopic (exact) mass is 71.0 g/mol. The average Bonchev–Trinajstić information content (AvgIpc) is 1.41. The Morgan fingerprint density at radius 2 is 2.40 bits per heavy atom. The Labute approximate surface area is 30.9 Å². The van der Waals surface area contributed by atoms with E-state index in [1.54, 1.807) is 0 Å². The van der Waals surface area contributed by atoms with Crippen LogP contribution in [0.2, 0.25) is 0 Å². The largest absolute Gasteiger partial charge is 0.449 e. The molecule has 2 heteroatoms. The molecule has 5 heavy (non-hydrogen) atoms. The molecule has 0 aliphatic heterocycles. The zero-order chi connectivity index (χ0) is 4.12. The number of methoxy groups -OCH3 is 1. The summed E-state index contributed by atoms with van der Waals surface area (Å²) in [6.07, 6.45) is 2.14. The minimum Gasteiger partial charge on any atom is -0.449 e. The third-order valence-corrected chi connectivity index (χ3v) is 0.161. The second-order valence-corrected chi connectivity index (χ2v) is 0.451. The number of hydrogen-bond acceptors (Lipinski definition) is 2. The van der Waals surface area contributed by atoms with Crippen molar-refractivity contribution in [1.29, 1.82) is 0 Å². The Kier molecular flexibility index (Phi) is 2.63. The van der Waals surface area contributed by atoms with Crippen LogP contribution in [0, 0.1) is 12.2 Å². The lowest BCUT2D eigenvalue weighted by atomic mass is 11.1. The summed E-state index contributed by atoms with van der Waals surface area (Å²) in [5, 5.41) is 0. The third kappa shape index (κ3) is 3.16. The van der Waals surface area contributed by atoms with Gasteiger partial charge in [-0.3, -0.25) is 0 Å². The van der Waals surface area contributed by atoms with Gasteiger partial charge in [0, 0.05) is 6.04 Å². The van der Waals surface area contributed by atoms with E-state index in [1.165, 1.54) is 7.11 Å². The highest BCUT2D eigenvalue weighted by molar-refractivity contribution is 4.82. The number of hydrogen-bond donors (Lipinski definition) is 1. The SMILES string of the molecule is COC#CN. The molecule has 0 fully saturated rings. The van der Waals surface area contributed by atoms with Gasteiger partial charge in [-0.1, -0.05) is 0 Å². The van der Waals surface area contributed by atoms with E-state index >= 15 is 0 Å². The molecular formula is C3H5NO. The predicted molar refractivity (Wildman–Crippen MR) is 19.0 cm³/mol. The lowest BCUT2D eigenvalue weighted by molar-refractivity contribution is 0.372. The first-order valence-corrected chi connectivity index (χ1v) is 1.15. The van der Waals surface area contributed by atoms with Gasteiger partial charge in [0.2, 0.25) is 0 Å². The van der Waals surface area contributed by atoms with Gasteiger partial charge in [-0.15, -0.1) is 0 Å². The van der Waals surface area contributed by atoms with Gasteiger partial charge in [-0.25, -0.2) is 0 Å².